The summed E-state index contributed by atoms with van der Waals surface area (Å²) >= 11 is 0. The topological polar surface area (TPSA) is 68.8 Å². The lowest BCUT2D eigenvalue weighted by molar-refractivity contribution is 0.412. The molecule has 2 rings (SSSR count). The van der Waals surface area contributed by atoms with E-state index in [-0.39, 0.29) is 5.41 Å². The van der Waals surface area contributed by atoms with Gasteiger partial charge in [0.1, 0.15) is 5.82 Å². The SMILES string of the molecule is CC(C)(C)c1nnc2n1CC(CN)CN2. The Bertz CT molecular complexity index is 349. The summed E-state index contributed by atoms with van der Waals surface area (Å²) in [5.74, 6) is 2.39. The van der Waals surface area contributed by atoms with Crippen molar-refractivity contribution in [2.24, 2.45) is 11.7 Å². The van der Waals surface area contributed by atoms with Gasteiger partial charge in [-0.2, -0.15) is 0 Å². The first-order valence-electron chi connectivity index (χ1n) is 5.40. The molecular weight excluding hydrogens is 190 g/mol. The molecule has 5 nitrogen and oxygen atoms in total. The van der Waals surface area contributed by atoms with E-state index in [4.69, 9.17) is 5.73 Å². The summed E-state index contributed by atoms with van der Waals surface area (Å²) in [6.07, 6.45) is 0. The van der Waals surface area contributed by atoms with Crippen molar-refractivity contribution in [3.8, 4) is 0 Å². The molecule has 0 saturated carbocycles. The molecular formula is C10H19N5. The van der Waals surface area contributed by atoms with Crippen LogP contribution in [0, 0.1) is 5.92 Å². The van der Waals surface area contributed by atoms with Crippen LogP contribution in [-0.4, -0.2) is 27.9 Å². The third-order valence-electron chi connectivity index (χ3n) is 2.74. The molecule has 1 unspecified atom stereocenters. The molecule has 0 bridgehead atoms. The highest BCUT2D eigenvalue weighted by Gasteiger charge is 2.27. The van der Waals surface area contributed by atoms with Gasteiger partial charge in [-0.3, -0.25) is 4.57 Å². The van der Waals surface area contributed by atoms with Crippen LogP contribution in [0.3, 0.4) is 0 Å². The first kappa shape index (κ1) is 10.4. The molecule has 5 heteroatoms. The van der Waals surface area contributed by atoms with Crippen LogP contribution >= 0.6 is 0 Å². The zero-order valence-electron chi connectivity index (χ0n) is 9.62. The molecule has 1 aliphatic rings. The van der Waals surface area contributed by atoms with Gasteiger partial charge in [-0.15, -0.1) is 10.2 Å². The Morgan fingerprint density at radius 1 is 1.47 bits per heavy atom. The molecule has 0 saturated heterocycles. The van der Waals surface area contributed by atoms with Gasteiger partial charge < -0.3 is 11.1 Å². The summed E-state index contributed by atoms with van der Waals surface area (Å²) in [6.45, 7) is 8.98. The van der Waals surface area contributed by atoms with E-state index in [2.05, 4.69) is 40.9 Å². The van der Waals surface area contributed by atoms with Crippen molar-refractivity contribution < 1.29 is 0 Å². The van der Waals surface area contributed by atoms with Crippen LogP contribution < -0.4 is 11.1 Å². The van der Waals surface area contributed by atoms with Crippen molar-refractivity contribution in [2.45, 2.75) is 32.7 Å². The van der Waals surface area contributed by atoms with Crippen molar-refractivity contribution in [1.29, 1.82) is 0 Å². The highest BCUT2D eigenvalue weighted by molar-refractivity contribution is 5.30. The predicted molar refractivity (Wildman–Crippen MR) is 59.8 cm³/mol. The second-order valence-electron chi connectivity index (χ2n) is 5.19. The minimum atomic E-state index is 0.0312. The Morgan fingerprint density at radius 3 is 2.80 bits per heavy atom. The maximum absolute atomic E-state index is 5.69. The lowest BCUT2D eigenvalue weighted by Crippen LogP contribution is -2.34. The number of aromatic nitrogens is 3. The molecule has 1 atom stereocenters. The Morgan fingerprint density at radius 2 is 2.20 bits per heavy atom. The number of nitrogens with zero attached hydrogens (tertiary/aromatic N) is 3. The molecule has 1 aromatic heterocycles. The maximum Gasteiger partial charge on any atom is 0.224 e. The Labute approximate surface area is 90.1 Å². The number of rotatable bonds is 1. The van der Waals surface area contributed by atoms with Crippen LogP contribution in [0.5, 0.6) is 0 Å². The second kappa shape index (κ2) is 3.48. The first-order valence-corrected chi connectivity index (χ1v) is 5.40. The molecule has 0 aliphatic carbocycles. The second-order valence-corrected chi connectivity index (χ2v) is 5.19. The fraction of sp³-hybridized carbons (Fsp3) is 0.800. The van der Waals surface area contributed by atoms with Crippen LogP contribution in [0.15, 0.2) is 0 Å². The molecule has 1 aromatic rings. The molecule has 3 N–H and O–H groups in total. The van der Waals surface area contributed by atoms with E-state index < -0.39 is 0 Å². The average molecular weight is 209 g/mol. The first-order chi connectivity index (χ1) is 7.02. The van der Waals surface area contributed by atoms with E-state index in [0.29, 0.717) is 12.5 Å². The van der Waals surface area contributed by atoms with Crippen molar-refractivity contribution in [3.05, 3.63) is 5.82 Å². The van der Waals surface area contributed by atoms with Crippen molar-refractivity contribution in [2.75, 3.05) is 18.4 Å². The largest absolute Gasteiger partial charge is 0.354 e. The summed E-state index contributed by atoms with van der Waals surface area (Å²) < 4.78 is 2.15. The van der Waals surface area contributed by atoms with E-state index >= 15 is 0 Å². The number of hydrogen-bond acceptors (Lipinski definition) is 4. The van der Waals surface area contributed by atoms with Gasteiger partial charge in [0.2, 0.25) is 5.95 Å². The predicted octanol–water partition coefficient (Wildman–Crippen LogP) is 0.576. The fourth-order valence-electron chi connectivity index (χ4n) is 1.88. The van der Waals surface area contributed by atoms with Crippen molar-refractivity contribution in [3.63, 3.8) is 0 Å². The zero-order chi connectivity index (χ0) is 11.1. The summed E-state index contributed by atoms with van der Waals surface area (Å²) in [7, 11) is 0. The number of hydrogen-bond donors (Lipinski definition) is 2. The lowest BCUT2D eigenvalue weighted by atomic mass is 9.95. The molecule has 0 spiro atoms. The van der Waals surface area contributed by atoms with Crippen LogP contribution in [-0.2, 0) is 12.0 Å². The molecule has 84 valence electrons. The Kier molecular flexibility index (Phi) is 2.42. The minimum Gasteiger partial charge on any atom is -0.354 e. The number of fused-ring (bicyclic) bond motifs is 1. The zero-order valence-corrected chi connectivity index (χ0v) is 9.62. The maximum atomic E-state index is 5.69. The number of nitrogens with one attached hydrogen (secondary N) is 1. The van der Waals surface area contributed by atoms with Gasteiger partial charge >= 0.3 is 0 Å². The highest BCUT2D eigenvalue weighted by Crippen LogP contribution is 2.25. The van der Waals surface area contributed by atoms with E-state index in [9.17, 15) is 0 Å². The molecule has 2 heterocycles. The summed E-state index contributed by atoms with van der Waals surface area (Å²) in [5.41, 5.74) is 5.73. The normalized spacial score (nSPS) is 20.9. The highest BCUT2D eigenvalue weighted by atomic mass is 15.4. The minimum absolute atomic E-state index is 0.0312. The third-order valence-corrected chi connectivity index (χ3v) is 2.74. The van der Waals surface area contributed by atoms with Gasteiger partial charge in [0.25, 0.3) is 0 Å². The van der Waals surface area contributed by atoms with E-state index in [1.165, 1.54) is 0 Å². The average Bonchev–Trinajstić information content (AvgIpc) is 2.59. The molecule has 15 heavy (non-hydrogen) atoms. The molecule has 1 aliphatic heterocycles. The lowest BCUT2D eigenvalue weighted by Gasteiger charge is -2.27. The van der Waals surface area contributed by atoms with Crippen LogP contribution in [0.1, 0.15) is 26.6 Å². The van der Waals surface area contributed by atoms with E-state index in [1.807, 2.05) is 0 Å². The van der Waals surface area contributed by atoms with E-state index in [0.717, 1.165) is 24.9 Å². The Hall–Kier alpha value is -1.10. The molecule has 0 fully saturated rings. The summed E-state index contributed by atoms with van der Waals surface area (Å²) in [6, 6.07) is 0. The third kappa shape index (κ3) is 1.84. The summed E-state index contributed by atoms with van der Waals surface area (Å²) in [5, 5.41) is 11.7. The molecule has 0 radical (unpaired) electrons. The van der Waals surface area contributed by atoms with Gasteiger partial charge in [-0.1, -0.05) is 20.8 Å². The fourth-order valence-corrected chi connectivity index (χ4v) is 1.88. The van der Waals surface area contributed by atoms with Crippen LogP contribution in [0.25, 0.3) is 0 Å². The molecule has 0 amide bonds. The van der Waals surface area contributed by atoms with Crippen molar-refractivity contribution >= 4 is 5.95 Å². The smallest absolute Gasteiger partial charge is 0.224 e. The standard InChI is InChI=1S/C10H19N5/c1-10(2,3)8-13-14-9-12-5-7(4-11)6-15(8)9/h7H,4-6,11H2,1-3H3,(H,12,14). The van der Waals surface area contributed by atoms with Crippen LogP contribution in [0.4, 0.5) is 5.95 Å². The van der Waals surface area contributed by atoms with Gasteiger partial charge in [-0.05, 0) is 6.54 Å². The Balaban J connectivity index is 2.34. The monoisotopic (exact) mass is 209 g/mol. The molecule has 0 aromatic carbocycles. The number of anilines is 1. The van der Waals surface area contributed by atoms with Gasteiger partial charge in [0.05, 0.1) is 0 Å². The van der Waals surface area contributed by atoms with Crippen LogP contribution in [0.2, 0.25) is 0 Å². The number of nitrogens with two attached hydrogens (primary N) is 1. The quantitative estimate of drug-likeness (QED) is 0.709. The summed E-state index contributed by atoms with van der Waals surface area (Å²) in [4.78, 5) is 0. The van der Waals surface area contributed by atoms with Gasteiger partial charge in [0, 0.05) is 24.4 Å². The van der Waals surface area contributed by atoms with Crippen molar-refractivity contribution in [1.82, 2.24) is 14.8 Å². The van der Waals surface area contributed by atoms with Gasteiger partial charge in [0.15, 0.2) is 0 Å². The van der Waals surface area contributed by atoms with Gasteiger partial charge in [-0.25, -0.2) is 0 Å². The van der Waals surface area contributed by atoms with E-state index in [1.54, 1.807) is 0 Å².